The lowest BCUT2D eigenvalue weighted by Gasteiger charge is -2.13. The van der Waals surface area contributed by atoms with Gasteiger partial charge < -0.3 is 9.15 Å². The van der Waals surface area contributed by atoms with Crippen LogP contribution in [0.2, 0.25) is 0 Å². The van der Waals surface area contributed by atoms with Crippen LogP contribution in [0.25, 0.3) is 17.4 Å². The lowest BCUT2D eigenvalue weighted by Crippen LogP contribution is -2.32. The van der Waals surface area contributed by atoms with Crippen LogP contribution in [0.1, 0.15) is 16.9 Å². The summed E-state index contributed by atoms with van der Waals surface area (Å²) in [6.07, 6.45) is 1.50. The summed E-state index contributed by atoms with van der Waals surface area (Å²) in [6.45, 7) is 3.93. The van der Waals surface area contributed by atoms with Crippen molar-refractivity contribution in [1.29, 1.82) is 0 Å². The van der Waals surface area contributed by atoms with Crippen molar-refractivity contribution in [3.05, 3.63) is 86.5 Å². The van der Waals surface area contributed by atoms with E-state index in [9.17, 15) is 19.7 Å². The van der Waals surface area contributed by atoms with E-state index < -0.39 is 10.8 Å². The summed E-state index contributed by atoms with van der Waals surface area (Å²) in [5.41, 5.74) is 2.16. The second-order valence-corrected chi connectivity index (χ2v) is 8.45. The van der Waals surface area contributed by atoms with Crippen LogP contribution in [0.15, 0.2) is 63.9 Å². The lowest BCUT2D eigenvalue weighted by atomic mass is 10.1. The molecule has 0 radical (unpaired) electrons. The molecule has 33 heavy (non-hydrogen) atoms. The monoisotopic (exact) mass is 464 g/mol. The summed E-state index contributed by atoms with van der Waals surface area (Å²) in [5.74, 6) is 1.06. The molecule has 1 fully saturated rings. The molecule has 9 heteroatoms. The molecule has 0 aliphatic carbocycles. The zero-order valence-electron chi connectivity index (χ0n) is 17.9. The number of carbonyl (C=O) groups is 2. The highest BCUT2D eigenvalue weighted by Crippen LogP contribution is 2.34. The van der Waals surface area contributed by atoms with Crippen LogP contribution in [0.4, 0.5) is 10.5 Å². The maximum absolute atomic E-state index is 12.7. The molecule has 0 spiro atoms. The van der Waals surface area contributed by atoms with Crippen molar-refractivity contribution < 1.29 is 23.7 Å². The summed E-state index contributed by atoms with van der Waals surface area (Å²) in [4.78, 5) is 37.1. The minimum Gasteiger partial charge on any atom is -0.492 e. The van der Waals surface area contributed by atoms with Gasteiger partial charge in [0, 0.05) is 23.3 Å². The van der Waals surface area contributed by atoms with Gasteiger partial charge in [0.25, 0.3) is 16.8 Å². The fourth-order valence-corrected chi connectivity index (χ4v) is 4.17. The fourth-order valence-electron chi connectivity index (χ4n) is 3.33. The number of ether oxygens (including phenoxy) is 1. The number of aryl methyl sites for hydroxylation is 2. The van der Waals surface area contributed by atoms with Gasteiger partial charge >= 0.3 is 0 Å². The normalized spacial score (nSPS) is 14.8. The Balaban J connectivity index is 1.44. The predicted octanol–water partition coefficient (Wildman–Crippen LogP) is 5.59. The smallest absolute Gasteiger partial charge is 0.293 e. The number of carbonyl (C=O) groups excluding carboxylic acids is 2. The maximum atomic E-state index is 12.7. The third kappa shape index (κ3) is 4.98. The molecule has 2 amide bonds. The fraction of sp³-hybridized carbons (Fsp3) is 0.167. The van der Waals surface area contributed by atoms with Crippen molar-refractivity contribution in [3.63, 3.8) is 0 Å². The molecular formula is C24H20N2O6S. The number of nitro groups is 1. The molecule has 1 aliphatic rings. The van der Waals surface area contributed by atoms with Crippen molar-refractivity contribution in [2.24, 2.45) is 0 Å². The molecule has 2 aromatic carbocycles. The standard InChI is InChI=1S/C24H20N2O6S/c1-15-4-3-5-18(12-15)31-11-10-25-23(27)22(33-24(25)28)14-19-8-9-21(32-19)17-7-6-16(2)20(13-17)26(29)30/h3-9,12-14H,10-11H2,1-2H3/b22-14-. The van der Waals surface area contributed by atoms with E-state index in [1.807, 2.05) is 31.2 Å². The Morgan fingerprint density at radius 1 is 1.12 bits per heavy atom. The first kappa shape index (κ1) is 22.3. The van der Waals surface area contributed by atoms with Gasteiger partial charge in [-0.1, -0.05) is 24.3 Å². The van der Waals surface area contributed by atoms with Crippen molar-refractivity contribution in [2.75, 3.05) is 13.2 Å². The minimum atomic E-state index is -0.443. The van der Waals surface area contributed by atoms with Gasteiger partial charge in [0.2, 0.25) is 0 Å². The minimum absolute atomic E-state index is 0.000508. The average molecular weight is 464 g/mol. The van der Waals surface area contributed by atoms with Crippen LogP contribution in [-0.2, 0) is 4.79 Å². The molecule has 0 N–H and O–H groups in total. The number of rotatable bonds is 7. The number of hydrogen-bond acceptors (Lipinski definition) is 7. The van der Waals surface area contributed by atoms with Gasteiger partial charge in [0.05, 0.1) is 16.4 Å². The summed E-state index contributed by atoms with van der Waals surface area (Å²) in [5, 5.41) is 10.8. The van der Waals surface area contributed by atoms with Gasteiger partial charge in [-0.15, -0.1) is 0 Å². The summed E-state index contributed by atoms with van der Waals surface area (Å²) in [7, 11) is 0. The van der Waals surface area contributed by atoms with Gasteiger partial charge in [-0.05, 0) is 55.4 Å². The Hall–Kier alpha value is -3.85. The van der Waals surface area contributed by atoms with E-state index in [-0.39, 0.29) is 29.0 Å². The van der Waals surface area contributed by atoms with Gasteiger partial charge in [0.1, 0.15) is 23.9 Å². The van der Waals surface area contributed by atoms with Crippen LogP contribution >= 0.6 is 11.8 Å². The molecule has 4 rings (SSSR count). The van der Waals surface area contributed by atoms with Crippen molar-refractivity contribution in [2.45, 2.75) is 13.8 Å². The summed E-state index contributed by atoms with van der Waals surface area (Å²) < 4.78 is 11.4. The molecule has 0 atom stereocenters. The van der Waals surface area contributed by atoms with Crippen molar-refractivity contribution in [3.8, 4) is 17.1 Å². The highest BCUT2D eigenvalue weighted by atomic mass is 32.2. The van der Waals surface area contributed by atoms with E-state index in [1.165, 1.54) is 12.1 Å². The second kappa shape index (κ2) is 9.33. The maximum Gasteiger partial charge on any atom is 0.293 e. The topological polar surface area (TPSA) is 103 Å². The molecule has 0 bridgehead atoms. The second-order valence-electron chi connectivity index (χ2n) is 7.46. The number of hydrogen-bond donors (Lipinski definition) is 0. The Kier molecular flexibility index (Phi) is 6.32. The quantitative estimate of drug-likeness (QED) is 0.255. The van der Waals surface area contributed by atoms with Crippen LogP contribution in [0, 0.1) is 24.0 Å². The number of imide groups is 1. The first-order valence-corrected chi connectivity index (χ1v) is 10.9. The van der Waals surface area contributed by atoms with Gasteiger partial charge in [-0.2, -0.15) is 0 Å². The van der Waals surface area contributed by atoms with Gasteiger partial charge in [0.15, 0.2) is 0 Å². The number of furan rings is 1. The Bertz CT molecular complexity index is 1280. The highest BCUT2D eigenvalue weighted by molar-refractivity contribution is 8.18. The first-order chi connectivity index (χ1) is 15.8. The van der Waals surface area contributed by atoms with Crippen molar-refractivity contribution in [1.82, 2.24) is 4.90 Å². The van der Waals surface area contributed by atoms with E-state index in [1.54, 1.807) is 31.2 Å². The molecular weight excluding hydrogens is 444 g/mol. The van der Waals surface area contributed by atoms with Crippen LogP contribution in [-0.4, -0.2) is 34.1 Å². The number of nitrogens with zero attached hydrogens (tertiary/aromatic N) is 2. The van der Waals surface area contributed by atoms with Gasteiger partial charge in [-0.3, -0.25) is 24.6 Å². The molecule has 1 aromatic heterocycles. The Morgan fingerprint density at radius 3 is 2.70 bits per heavy atom. The molecule has 1 aliphatic heterocycles. The number of nitro benzene ring substituents is 1. The van der Waals surface area contributed by atoms with Crippen LogP contribution in [0.3, 0.4) is 0 Å². The Morgan fingerprint density at radius 2 is 1.94 bits per heavy atom. The van der Waals surface area contributed by atoms with Crippen molar-refractivity contribution >= 4 is 34.7 Å². The predicted molar refractivity (Wildman–Crippen MR) is 125 cm³/mol. The first-order valence-electron chi connectivity index (χ1n) is 10.1. The third-order valence-corrected chi connectivity index (χ3v) is 5.94. The SMILES string of the molecule is Cc1cccc(OCCN2C(=O)S/C(=C\c3ccc(-c4ccc(C)c([N+](=O)[O-])c4)o3)C2=O)c1. The molecule has 0 saturated carbocycles. The molecule has 8 nitrogen and oxygen atoms in total. The molecule has 168 valence electrons. The van der Waals surface area contributed by atoms with E-state index in [0.29, 0.717) is 28.4 Å². The average Bonchev–Trinajstić information content (AvgIpc) is 3.34. The highest BCUT2D eigenvalue weighted by Gasteiger charge is 2.35. The summed E-state index contributed by atoms with van der Waals surface area (Å²) in [6, 6.07) is 15.7. The summed E-state index contributed by atoms with van der Waals surface area (Å²) >= 11 is 0.832. The number of amides is 2. The number of benzene rings is 2. The molecule has 1 saturated heterocycles. The van der Waals surface area contributed by atoms with Crippen LogP contribution < -0.4 is 4.74 Å². The van der Waals surface area contributed by atoms with Crippen LogP contribution in [0.5, 0.6) is 5.75 Å². The number of thioether (sulfide) groups is 1. The third-order valence-electron chi connectivity index (χ3n) is 5.04. The molecule has 3 aromatic rings. The zero-order chi connectivity index (χ0) is 23.5. The lowest BCUT2D eigenvalue weighted by molar-refractivity contribution is -0.385. The molecule has 2 heterocycles. The molecule has 0 unspecified atom stereocenters. The van der Waals surface area contributed by atoms with E-state index in [4.69, 9.17) is 9.15 Å². The van der Waals surface area contributed by atoms with E-state index in [2.05, 4.69) is 0 Å². The van der Waals surface area contributed by atoms with E-state index in [0.717, 1.165) is 22.2 Å². The van der Waals surface area contributed by atoms with E-state index >= 15 is 0 Å². The Labute approximate surface area is 194 Å². The largest absolute Gasteiger partial charge is 0.492 e. The zero-order valence-corrected chi connectivity index (χ0v) is 18.8. The van der Waals surface area contributed by atoms with Gasteiger partial charge in [-0.25, -0.2) is 0 Å².